The van der Waals surface area contributed by atoms with Crippen LogP contribution in [-0.2, 0) is 10.0 Å². The number of halogens is 3. The first-order chi connectivity index (χ1) is 11.8. The standard InChI is InChI=1S/C18H14F3NO2S/c1-11(13-8-4-6-12-5-2-3-7-14(12)13)22-25(23,24)18-10-16(20)15(19)9-17(18)21/h2-11,22H,1H3. The monoisotopic (exact) mass is 365 g/mol. The summed E-state index contributed by atoms with van der Waals surface area (Å²) in [5.74, 6) is -4.23. The number of hydrogen-bond donors (Lipinski definition) is 1. The third-order valence-corrected chi connectivity index (χ3v) is 5.44. The Hall–Kier alpha value is -2.38. The van der Waals surface area contributed by atoms with Crippen molar-refractivity contribution in [3.8, 4) is 0 Å². The predicted molar refractivity (Wildman–Crippen MR) is 89.0 cm³/mol. The van der Waals surface area contributed by atoms with Gasteiger partial charge in [-0.3, -0.25) is 0 Å². The molecule has 1 N–H and O–H groups in total. The molecule has 0 spiro atoms. The minimum Gasteiger partial charge on any atom is -0.207 e. The smallest absolute Gasteiger partial charge is 0.207 e. The number of rotatable bonds is 4. The van der Waals surface area contributed by atoms with E-state index in [1.165, 1.54) is 0 Å². The van der Waals surface area contributed by atoms with Crippen molar-refractivity contribution in [3.63, 3.8) is 0 Å². The second kappa shape index (κ2) is 6.50. The topological polar surface area (TPSA) is 46.2 Å². The summed E-state index contributed by atoms with van der Waals surface area (Å²) >= 11 is 0. The van der Waals surface area contributed by atoms with Crippen LogP contribution in [0.3, 0.4) is 0 Å². The van der Waals surface area contributed by atoms with Gasteiger partial charge in [0, 0.05) is 12.1 Å². The molecule has 3 aromatic carbocycles. The van der Waals surface area contributed by atoms with Gasteiger partial charge in [0.05, 0.1) is 0 Å². The number of nitrogens with one attached hydrogen (secondary N) is 1. The van der Waals surface area contributed by atoms with Gasteiger partial charge < -0.3 is 0 Å². The zero-order chi connectivity index (χ0) is 18.2. The minimum atomic E-state index is -4.38. The highest BCUT2D eigenvalue weighted by atomic mass is 32.2. The molecule has 0 saturated heterocycles. The van der Waals surface area contributed by atoms with Gasteiger partial charge in [-0.2, -0.15) is 0 Å². The molecule has 0 amide bonds. The highest BCUT2D eigenvalue weighted by Crippen LogP contribution is 2.26. The van der Waals surface area contributed by atoms with E-state index < -0.39 is 38.4 Å². The molecular formula is C18H14F3NO2S. The summed E-state index contributed by atoms with van der Waals surface area (Å²) in [5.41, 5.74) is 0.685. The normalized spacial score (nSPS) is 13.1. The van der Waals surface area contributed by atoms with E-state index in [4.69, 9.17) is 0 Å². The molecule has 130 valence electrons. The third kappa shape index (κ3) is 3.38. The Kier molecular flexibility index (Phi) is 4.53. The number of sulfonamides is 1. The Balaban J connectivity index is 1.99. The molecule has 0 aliphatic carbocycles. The van der Waals surface area contributed by atoms with E-state index in [-0.39, 0.29) is 6.07 Å². The maximum atomic E-state index is 13.8. The lowest BCUT2D eigenvalue weighted by atomic mass is 10.0. The molecule has 3 nitrogen and oxygen atoms in total. The van der Waals surface area contributed by atoms with Gasteiger partial charge in [0.25, 0.3) is 0 Å². The van der Waals surface area contributed by atoms with Gasteiger partial charge in [-0.15, -0.1) is 0 Å². The van der Waals surface area contributed by atoms with Gasteiger partial charge in [0.15, 0.2) is 11.6 Å². The first-order valence-corrected chi connectivity index (χ1v) is 8.92. The van der Waals surface area contributed by atoms with E-state index in [0.717, 1.165) is 10.8 Å². The molecule has 0 radical (unpaired) electrons. The molecule has 0 bridgehead atoms. The van der Waals surface area contributed by atoms with Crippen LogP contribution in [0.1, 0.15) is 18.5 Å². The Morgan fingerprint density at radius 1 is 0.880 bits per heavy atom. The predicted octanol–water partition coefficient (Wildman–Crippen LogP) is 4.30. The Bertz CT molecular complexity index is 1050. The minimum absolute atomic E-state index is 0.215. The van der Waals surface area contributed by atoms with Gasteiger partial charge in [-0.25, -0.2) is 26.3 Å². The van der Waals surface area contributed by atoms with Gasteiger partial charge in [-0.05, 0) is 29.3 Å². The molecule has 0 saturated carbocycles. The van der Waals surface area contributed by atoms with Crippen LogP contribution >= 0.6 is 0 Å². The SMILES string of the molecule is CC(NS(=O)(=O)c1cc(F)c(F)cc1F)c1cccc2ccccc12. The summed E-state index contributed by atoms with van der Waals surface area (Å²) in [6.07, 6.45) is 0. The van der Waals surface area contributed by atoms with Crippen LogP contribution in [0.5, 0.6) is 0 Å². The lowest BCUT2D eigenvalue weighted by Gasteiger charge is -2.17. The van der Waals surface area contributed by atoms with Crippen molar-refractivity contribution in [2.75, 3.05) is 0 Å². The van der Waals surface area contributed by atoms with Crippen LogP contribution in [-0.4, -0.2) is 8.42 Å². The van der Waals surface area contributed by atoms with Crippen molar-refractivity contribution in [1.82, 2.24) is 4.72 Å². The molecule has 3 rings (SSSR count). The maximum Gasteiger partial charge on any atom is 0.244 e. The zero-order valence-corrected chi connectivity index (χ0v) is 13.9. The molecule has 0 aliphatic heterocycles. The van der Waals surface area contributed by atoms with E-state index in [1.807, 2.05) is 30.3 Å². The summed E-state index contributed by atoms with van der Waals surface area (Å²) < 4.78 is 67.3. The van der Waals surface area contributed by atoms with Crippen LogP contribution in [0.4, 0.5) is 13.2 Å². The van der Waals surface area contributed by atoms with E-state index in [2.05, 4.69) is 4.72 Å². The van der Waals surface area contributed by atoms with Gasteiger partial charge >= 0.3 is 0 Å². The Labute approximate surface area is 143 Å². The number of fused-ring (bicyclic) bond motifs is 1. The zero-order valence-electron chi connectivity index (χ0n) is 13.1. The van der Waals surface area contributed by atoms with Crippen molar-refractivity contribution in [2.24, 2.45) is 0 Å². The fourth-order valence-corrected chi connectivity index (χ4v) is 3.99. The first kappa shape index (κ1) is 17.4. The second-order valence-corrected chi connectivity index (χ2v) is 7.29. The van der Waals surface area contributed by atoms with Crippen molar-refractivity contribution in [1.29, 1.82) is 0 Å². The van der Waals surface area contributed by atoms with E-state index >= 15 is 0 Å². The second-order valence-electron chi connectivity index (χ2n) is 5.61. The highest BCUT2D eigenvalue weighted by Gasteiger charge is 2.25. The van der Waals surface area contributed by atoms with Gasteiger partial charge in [0.2, 0.25) is 10.0 Å². The third-order valence-electron chi connectivity index (χ3n) is 3.89. The molecule has 0 aliphatic rings. The van der Waals surface area contributed by atoms with E-state index in [1.54, 1.807) is 19.1 Å². The van der Waals surface area contributed by atoms with Crippen molar-refractivity contribution < 1.29 is 21.6 Å². The summed E-state index contributed by atoms with van der Waals surface area (Å²) in [6, 6.07) is 12.7. The fourth-order valence-electron chi connectivity index (χ4n) is 2.70. The molecule has 0 fully saturated rings. The van der Waals surface area contributed by atoms with Crippen LogP contribution in [0.2, 0.25) is 0 Å². The molecule has 0 aromatic heterocycles. The average molecular weight is 365 g/mol. The number of hydrogen-bond acceptors (Lipinski definition) is 2. The fraction of sp³-hybridized carbons (Fsp3) is 0.111. The lowest BCUT2D eigenvalue weighted by molar-refractivity contribution is 0.480. The summed E-state index contributed by atoms with van der Waals surface area (Å²) in [5, 5.41) is 1.76. The molecule has 1 atom stereocenters. The Morgan fingerprint density at radius 2 is 1.52 bits per heavy atom. The molecule has 0 heterocycles. The first-order valence-electron chi connectivity index (χ1n) is 7.44. The quantitative estimate of drug-likeness (QED) is 0.701. The molecule has 3 aromatic rings. The van der Waals surface area contributed by atoms with Crippen LogP contribution in [0, 0.1) is 17.5 Å². The van der Waals surface area contributed by atoms with Crippen molar-refractivity contribution >= 4 is 20.8 Å². The molecule has 7 heteroatoms. The Morgan fingerprint density at radius 3 is 2.28 bits per heavy atom. The molecular weight excluding hydrogens is 351 g/mol. The summed E-state index contributed by atoms with van der Waals surface area (Å²) in [4.78, 5) is -0.932. The van der Waals surface area contributed by atoms with Crippen LogP contribution < -0.4 is 4.72 Å². The van der Waals surface area contributed by atoms with Crippen LogP contribution in [0.25, 0.3) is 10.8 Å². The van der Waals surface area contributed by atoms with Gasteiger partial charge in [-0.1, -0.05) is 42.5 Å². The van der Waals surface area contributed by atoms with Crippen LogP contribution in [0.15, 0.2) is 59.5 Å². The van der Waals surface area contributed by atoms with Crippen molar-refractivity contribution in [2.45, 2.75) is 17.9 Å². The van der Waals surface area contributed by atoms with E-state index in [0.29, 0.717) is 11.6 Å². The van der Waals surface area contributed by atoms with Gasteiger partial charge in [0.1, 0.15) is 10.7 Å². The van der Waals surface area contributed by atoms with E-state index in [9.17, 15) is 21.6 Å². The van der Waals surface area contributed by atoms with Crippen molar-refractivity contribution in [3.05, 3.63) is 77.6 Å². The maximum absolute atomic E-state index is 13.8. The summed E-state index contributed by atoms with van der Waals surface area (Å²) in [7, 11) is -4.38. The lowest BCUT2D eigenvalue weighted by Crippen LogP contribution is -2.28. The number of benzene rings is 3. The molecule has 25 heavy (non-hydrogen) atoms. The largest absolute Gasteiger partial charge is 0.244 e. The average Bonchev–Trinajstić information content (AvgIpc) is 2.57. The molecule has 1 unspecified atom stereocenters. The highest BCUT2D eigenvalue weighted by molar-refractivity contribution is 7.89. The summed E-state index contributed by atoms with van der Waals surface area (Å²) in [6.45, 7) is 1.59.